The first-order valence-corrected chi connectivity index (χ1v) is 11.0. The third-order valence-corrected chi connectivity index (χ3v) is 5.95. The minimum Gasteiger partial charge on any atom is -0.497 e. The number of halogens is 1. The van der Waals surface area contributed by atoms with Crippen molar-refractivity contribution in [1.82, 2.24) is 10.3 Å². The van der Waals surface area contributed by atoms with E-state index >= 15 is 0 Å². The Kier molecular flexibility index (Phi) is 8.24. The minimum absolute atomic E-state index is 0.251. The summed E-state index contributed by atoms with van der Waals surface area (Å²) in [7, 11) is 1.65. The SMILES string of the molecule is COc1ccc(CC[NH2+]/C=C\C(=N)c2nc(C)c(C(=O)NCc3ccc(F)cc3)s2)cc1. The monoisotopic (exact) mass is 453 g/mol. The lowest BCUT2D eigenvalue weighted by Crippen LogP contribution is -2.78. The summed E-state index contributed by atoms with van der Waals surface area (Å²) in [5.74, 6) is 0.277. The molecule has 0 saturated heterocycles. The highest BCUT2D eigenvalue weighted by atomic mass is 32.1. The maximum atomic E-state index is 13.0. The Hall–Kier alpha value is -3.36. The smallest absolute Gasteiger partial charge is 0.263 e. The van der Waals surface area contributed by atoms with Crippen molar-refractivity contribution in [1.29, 1.82) is 5.41 Å². The molecule has 0 spiro atoms. The van der Waals surface area contributed by atoms with Crippen molar-refractivity contribution in [3.63, 3.8) is 0 Å². The van der Waals surface area contributed by atoms with Gasteiger partial charge in [-0.1, -0.05) is 24.3 Å². The molecule has 0 atom stereocenters. The van der Waals surface area contributed by atoms with Crippen LogP contribution in [0.1, 0.15) is 31.5 Å². The number of rotatable bonds is 10. The van der Waals surface area contributed by atoms with Crippen molar-refractivity contribution in [3.05, 3.63) is 93.3 Å². The summed E-state index contributed by atoms with van der Waals surface area (Å²) in [5.41, 5.74) is 2.87. The first-order chi connectivity index (χ1) is 15.5. The first kappa shape index (κ1) is 23.3. The quantitative estimate of drug-likeness (QED) is 0.325. The molecule has 0 saturated carbocycles. The summed E-state index contributed by atoms with van der Waals surface area (Å²) < 4.78 is 18.1. The van der Waals surface area contributed by atoms with Gasteiger partial charge in [0, 0.05) is 19.0 Å². The normalized spacial score (nSPS) is 11.0. The lowest BCUT2D eigenvalue weighted by atomic mass is 10.1. The van der Waals surface area contributed by atoms with E-state index in [0.717, 1.165) is 24.3 Å². The number of nitrogens with two attached hydrogens (primary N) is 1. The highest BCUT2D eigenvalue weighted by molar-refractivity contribution is 7.15. The Balaban J connectivity index is 1.48. The number of carbonyl (C=O) groups excluding carboxylic acids is 1. The summed E-state index contributed by atoms with van der Waals surface area (Å²) in [4.78, 5) is 17.3. The molecular formula is C24H26FN4O2S+. The Morgan fingerprint density at radius 2 is 1.88 bits per heavy atom. The van der Waals surface area contributed by atoms with Crippen LogP contribution in [0.4, 0.5) is 4.39 Å². The summed E-state index contributed by atoms with van der Waals surface area (Å²) in [6.07, 6.45) is 4.43. The number of thiazole rings is 1. The van der Waals surface area contributed by atoms with Gasteiger partial charge in [-0.25, -0.2) is 9.37 Å². The van der Waals surface area contributed by atoms with E-state index in [-0.39, 0.29) is 17.4 Å². The van der Waals surface area contributed by atoms with Crippen molar-refractivity contribution < 1.29 is 19.2 Å². The van der Waals surface area contributed by atoms with E-state index in [0.29, 0.717) is 22.1 Å². The molecule has 8 heteroatoms. The van der Waals surface area contributed by atoms with Crippen LogP contribution in [0.5, 0.6) is 5.75 Å². The second-order valence-electron chi connectivity index (χ2n) is 7.14. The lowest BCUT2D eigenvalue weighted by Gasteiger charge is -2.04. The zero-order valence-electron chi connectivity index (χ0n) is 18.0. The number of carbonyl (C=O) groups is 1. The van der Waals surface area contributed by atoms with Gasteiger partial charge in [0.05, 0.1) is 31.3 Å². The summed E-state index contributed by atoms with van der Waals surface area (Å²) in [5, 5.41) is 13.6. The molecule has 1 aromatic heterocycles. The fourth-order valence-corrected chi connectivity index (χ4v) is 3.87. The number of nitrogens with zero attached hydrogens (tertiary/aromatic N) is 1. The summed E-state index contributed by atoms with van der Waals surface area (Å²) in [6, 6.07) is 14.0. The number of methoxy groups -OCH3 is 1. The highest BCUT2D eigenvalue weighted by Gasteiger charge is 2.16. The van der Waals surface area contributed by atoms with Crippen molar-refractivity contribution in [3.8, 4) is 5.75 Å². The van der Waals surface area contributed by atoms with Crippen molar-refractivity contribution >= 4 is 23.0 Å². The number of hydrogen-bond donors (Lipinski definition) is 3. The number of allylic oxidation sites excluding steroid dienone is 1. The maximum Gasteiger partial charge on any atom is 0.263 e. The van der Waals surface area contributed by atoms with Crippen LogP contribution in [0.3, 0.4) is 0 Å². The van der Waals surface area contributed by atoms with Crippen LogP contribution in [0.2, 0.25) is 0 Å². The van der Waals surface area contributed by atoms with Gasteiger partial charge in [0.2, 0.25) is 0 Å². The molecule has 32 heavy (non-hydrogen) atoms. The number of aryl methyl sites for hydroxylation is 1. The standard InChI is InChI=1S/C24H25FN4O2S/c1-16-22(23(30)28-15-18-3-7-19(25)8-4-18)32-24(29-16)21(26)12-14-27-13-11-17-5-9-20(31-2)10-6-17/h3-10,12,14,26-27H,11,13,15H2,1-2H3,(H,28,30)/p+1/b14-12-,26-21?. The Morgan fingerprint density at radius 3 is 2.56 bits per heavy atom. The van der Waals surface area contributed by atoms with E-state index in [2.05, 4.69) is 10.3 Å². The van der Waals surface area contributed by atoms with Gasteiger partial charge in [0.15, 0.2) is 0 Å². The van der Waals surface area contributed by atoms with Gasteiger partial charge in [-0.05, 0) is 42.3 Å². The van der Waals surface area contributed by atoms with E-state index in [9.17, 15) is 9.18 Å². The molecular weight excluding hydrogens is 427 g/mol. The fraction of sp³-hybridized carbons (Fsp3) is 0.208. The van der Waals surface area contributed by atoms with Crippen LogP contribution in [-0.2, 0) is 13.0 Å². The molecule has 1 amide bonds. The molecule has 0 aliphatic heterocycles. The molecule has 4 N–H and O–H groups in total. The Labute approximate surface area is 190 Å². The molecule has 3 rings (SSSR count). The van der Waals surface area contributed by atoms with Gasteiger partial charge in [0.1, 0.15) is 21.5 Å². The van der Waals surface area contributed by atoms with Gasteiger partial charge < -0.3 is 15.4 Å². The topological polar surface area (TPSA) is 91.7 Å². The van der Waals surface area contributed by atoms with Gasteiger partial charge >= 0.3 is 0 Å². The molecule has 166 valence electrons. The van der Waals surface area contributed by atoms with Crippen LogP contribution >= 0.6 is 11.3 Å². The second kappa shape index (κ2) is 11.3. The van der Waals surface area contributed by atoms with E-state index in [4.69, 9.17) is 10.1 Å². The van der Waals surface area contributed by atoms with E-state index < -0.39 is 0 Å². The lowest BCUT2D eigenvalue weighted by molar-refractivity contribution is -0.587. The average molecular weight is 454 g/mol. The van der Waals surface area contributed by atoms with Crippen LogP contribution in [0.25, 0.3) is 0 Å². The third-order valence-electron chi connectivity index (χ3n) is 4.76. The molecule has 2 aromatic carbocycles. The number of amides is 1. The largest absolute Gasteiger partial charge is 0.497 e. The molecule has 6 nitrogen and oxygen atoms in total. The zero-order valence-corrected chi connectivity index (χ0v) is 18.8. The number of hydrogen-bond acceptors (Lipinski definition) is 5. The molecule has 0 aliphatic carbocycles. The van der Waals surface area contributed by atoms with Gasteiger partial charge in [0.25, 0.3) is 5.91 Å². The Bertz CT molecular complexity index is 1090. The number of aromatic nitrogens is 1. The van der Waals surface area contributed by atoms with Crippen molar-refractivity contribution in [2.45, 2.75) is 19.9 Å². The third kappa shape index (κ3) is 6.57. The van der Waals surface area contributed by atoms with E-state index in [1.807, 2.05) is 35.8 Å². The van der Waals surface area contributed by atoms with E-state index in [1.54, 1.807) is 32.2 Å². The number of ether oxygens (including phenoxy) is 1. The second-order valence-corrected chi connectivity index (χ2v) is 8.14. The van der Waals surface area contributed by atoms with Crippen LogP contribution in [0, 0.1) is 18.2 Å². The number of quaternary nitrogens is 1. The molecule has 0 aliphatic rings. The Morgan fingerprint density at radius 1 is 1.19 bits per heavy atom. The van der Waals surface area contributed by atoms with Gasteiger partial charge in [-0.3, -0.25) is 10.2 Å². The highest BCUT2D eigenvalue weighted by Crippen LogP contribution is 2.19. The first-order valence-electron chi connectivity index (χ1n) is 10.2. The molecule has 0 fully saturated rings. The summed E-state index contributed by atoms with van der Waals surface area (Å²) >= 11 is 1.19. The van der Waals surface area contributed by atoms with Crippen molar-refractivity contribution in [2.24, 2.45) is 0 Å². The molecule has 1 heterocycles. The number of benzene rings is 2. The van der Waals surface area contributed by atoms with Crippen molar-refractivity contribution in [2.75, 3.05) is 13.7 Å². The summed E-state index contributed by atoms with van der Waals surface area (Å²) in [6.45, 7) is 2.90. The van der Waals surface area contributed by atoms with Crippen LogP contribution in [0.15, 0.2) is 60.8 Å². The average Bonchev–Trinajstić information content (AvgIpc) is 3.20. The van der Waals surface area contributed by atoms with Crippen LogP contribution in [-0.4, -0.2) is 30.3 Å². The molecule has 0 unspecified atom stereocenters. The van der Waals surface area contributed by atoms with E-state index in [1.165, 1.54) is 29.0 Å². The van der Waals surface area contributed by atoms with Gasteiger partial charge in [-0.15, -0.1) is 11.3 Å². The molecule has 3 aromatic rings. The predicted octanol–water partition coefficient (Wildman–Crippen LogP) is 3.22. The van der Waals surface area contributed by atoms with Crippen LogP contribution < -0.4 is 15.4 Å². The predicted molar refractivity (Wildman–Crippen MR) is 124 cm³/mol. The minimum atomic E-state index is -0.312. The number of nitrogens with one attached hydrogen (secondary N) is 2. The van der Waals surface area contributed by atoms with Gasteiger partial charge in [-0.2, -0.15) is 0 Å². The fourth-order valence-electron chi connectivity index (χ4n) is 2.96. The molecule has 0 radical (unpaired) electrons. The zero-order chi connectivity index (χ0) is 22.9. The molecule has 0 bridgehead atoms. The maximum absolute atomic E-state index is 13.0.